The number of nitro groups is 1. The molecule has 5 heteroatoms. The molecular weight excluding hydrogens is 206 g/mol. The first kappa shape index (κ1) is 10.7. The maximum absolute atomic E-state index is 10.3. The highest BCUT2D eigenvalue weighted by atomic mass is 35.5. The predicted molar refractivity (Wildman–Crippen MR) is 52.5 cm³/mol. The van der Waals surface area contributed by atoms with E-state index in [0.29, 0.717) is 12.7 Å². The van der Waals surface area contributed by atoms with E-state index < -0.39 is 10.3 Å². The number of non-ortho nitro benzene ring substituents is 1. The van der Waals surface area contributed by atoms with Crippen LogP contribution in [0, 0.1) is 10.1 Å². The molecule has 0 radical (unpaired) electrons. The van der Waals surface area contributed by atoms with Crippen molar-refractivity contribution in [2.45, 2.75) is 11.8 Å². The molecule has 0 aromatic heterocycles. The average Bonchev–Trinajstić information content (AvgIpc) is 2.18. The second-order valence-electron chi connectivity index (χ2n) is 2.78. The summed E-state index contributed by atoms with van der Waals surface area (Å²) in [4.78, 5) is 20.1. The maximum atomic E-state index is 10.3. The number of nitrogens with zero attached hydrogens (tertiary/aromatic N) is 1. The van der Waals surface area contributed by atoms with E-state index in [2.05, 4.69) is 0 Å². The van der Waals surface area contributed by atoms with Gasteiger partial charge in [-0.2, -0.15) is 0 Å². The summed E-state index contributed by atoms with van der Waals surface area (Å²) in [7, 11) is 0. The largest absolute Gasteiger partial charge is 0.302 e. The first-order chi connectivity index (χ1) is 6.63. The summed E-state index contributed by atoms with van der Waals surface area (Å²) < 4.78 is 0. The van der Waals surface area contributed by atoms with Gasteiger partial charge in [-0.3, -0.25) is 10.1 Å². The fourth-order valence-corrected chi connectivity index (χ4v) is 1.21. The highest BCUT2D eigenvalue weighted by Crippen LogP contribution is 2.13. The first-order valence-electron chi connectivity index (χ1n) is 3.96. The summed E-state index contributed by atoms with van der Waals surface area (Å²) in [6.45, 7) is 0. The maximum Gasteiger partial charge on any atom is 0.269 e. The zero-order chi connectivity index (χ0) is 10.6. The van der Waals surface area contributed by atoms with Gasteiger partial charge in [-0.15, -0.1) is 11.6 Å². The standard InChI is InChI=1S/C9H8ClNO3/c10-8(6-12)5-7-1-3-9(4-2-7)11(13)14/h1-4,6,8H,5H2. The van der Waals surface area contributed by atoms with E-state index in [1.54, 1.807) is 12.1 Å². The third kappa shape index (κ3) is 2.81. The van der Waals surface area contributed by atoms with Crippen LogP contribution in [-0.4, -0.2) is 16.6 Å². The zero-order valence-electron chi connectivity index (χ0n) is 7.22. The van der Waals surface area contributed by atoms with E-state index in [1.165, 1.54) is 12.1 Å². The summed E-state index contributed by atoms with van der Waals surface area (Å²) in [6.07, 6.45) is 1.03. The van der Waals surface area contributed by atoms with E-state index in [0.717, 1.165) is 5.56 Å². The highest BCUT2D eigenvalue weighted by molar-refractivity contribution is 6.27. The molecule has 0 saturated heterocycles. The van der Waals surface area contributed by atoms with Crippen molar-refractivity contribution in [1.29, 1.82) is 0 Å². The van der Waals surface area contributed by atoms with Crippen LogP contribution in [0.5, 0.6) is 0 Å². The molecule has 1 aromatic carbocycles. The fraction of sp³-hybridized carbons (Fsp3) is 0.222. The molecular formula is C9H8ClNO3. The monoisotopic (exact) mass is 213 g/mol. The molecule has 0 amide bonds. The van der Waals surface area contributed by atoms with Gasteiger partial charge in [-0.25, -0.2) is 0 Å². The number of carbonyl (C=O) groups excluding carboxylic acids is 1. The van der Waals surface area contributed by atoms with E-state index in [-0.39, 0.29) is 5.69 Å². The number of alkyl halides is 1. The number of carbonyl (C=O) groups is 1. The molecule has 0 aliphatic heterocycles. The third-order valence-electron chi connectivity index (χ3n) is 1.73. The van der Waals surface area contributed by atoms with Gasteiger partial charge in [0.2, 0.25) is 0 Å². The van der Waals surface area contributed by atoms with Gasteiger partial charge in [0, 0.05) is 12.1 Å². The number of aldehydes is 1. The van der Waals surface area contributed by atoms with Crippen LogP contribution in [0.3, 0.4) is 0 Å². The summed E-state index contributed by atoms with van der Waals surface area (Å²) >= 11 is 5.60. The van der Waals surface area contributed by atoms with Gasteiger partial charge in [0.1, 0.15) is 6.29 Å². The van der Waals surface area contributed by atoms with Gasteiger partial charge >= 0.3 is 0 Å². The molecule has 0 heterocycles. The molecule has 0 saturated carbocycles. The smallest absolute Gasteiger partial charge is 0.269 e. The SMILES string of the molecule is O=CC(Cl)Cc1ccc([N+](=O)[O-])cc1. The molecule has 4 nitrogen and oxygen atoms in total. The first-order valence-corrected chi connectivity index (χ1v) is 4.40. The van der Waals surface area contributed by atoms with Crippen molar-refractivity contribution in [1.82, 2.24) is 0 Å². The van der Waals surface area contributed by atoms with Crippen LogP contribution in [0.25, 0.3) is 0 Å². The molecule has 1 aromatic rings. The molecule has 14 heavy (non-hydrogen) atoms. The second kappa shape index (κ2) is 4.72. The molecule has 0 spiro atoms. The number of nitro benzene ring substituents is 1. The van der Waals surface area contributed by atoms with Gasteiger partial charge < -0.3 is 4.79 Å². The van der Waals surface area contributed by atoms with Gasteiger partial charge in [-0.05, 0) is 12.0 Å². The van der Waals surface area contributed by atoms with Gasteiger partial charge in [0.05, 0.1) is 10.3 Å². The lowest BCUT2D eigenvalue weighted by molar-refractivity contribution is -0.384. The van der Waals surface area contributed by atoms with Crippen LogP contribution in [0.15, 0.2) is 24.3 Å². The quantitative estimate of drug-likeness (QED) is 0.332. The minimum absolute atomic E-state index is 0.0333. The normalized spacial score (nSPS) is 12.1. The number of benzene rings is 1. The minimum atomic E-state index is -0.573. The second-order valence-corrected chi connectivity index (χ2v) is 3.34. The molecule has 1 rings (SSSR count). The Labute approximate surface area is 85.6 Å². The Kier molecular flexibility index (Phi) is 3.59. The van der Waals surface area contributed by atoms with Crippen LogP contribution in [-0.2, 0) is 11.2 Å². The lowest BCUT2D eigenvalue weighted by Crippen LogP contribution is -2.04. The van der Waals surface area contributed by atoms with Crippen molar-refractivity contribution < 1.29 is 9.72 Å². The van der Waals surface area contributed by atoms with Crippen molar-refractivity contribution in [3.63, 3.8) is 0 Å². The highest BCUT2D eigenvalue weighted by Gasteiger charge is 2.07. The number of rotatable bonds is 4. The zero-order valence-corrected chi connectivity index (χ0v) is 7.98. The molecule has 0 fully saturated rings. The molecule has 0 N–H and O–H groups in total. The topological polar surface area (TPSA) is 60.2 Å². The fourth-order valence-electron chi connectivity index (χ4n) is 1.03. The number of halogens is 1. The van der Waals surface area contributed by atoms with Crippen molar-refractivity contribution in [3.05, 3.63) is 39.9 Å². The van der Waals surface area contributed by atoms with Crippen molar-refractivity contribution in [2.24, 2.45) is 0 Å². The van der Waals surface area contributed by atoms with Gasteiger partial charge in [0.25, 0.3) is 5.69 Å². The Hall–Kier alpha value is -1.42. The number of hydrogen-bond acceptors (Lipinski definition) is 3. The molecule has 1 unspecified atom stereocenters. The van der Waals surface area contributed by atoms with Crippen molar-refractivity contribution in [3.8, 4) is 0 Å². The number of hydrogen-bond donors (Lipinski definition) is 0. The lowest BCUT2D eigenvalue weighted by atomic mass is 10.1. The molecule has 74 valence electrons. The predicted octanol–water partition coefficient (Wildman–Crippen LogP) is 1.94. The molecule has 0 bridgehead atoms. The molecule has 0 aliphatic carbocycles. The Morgan fingerprint density at radius 2 is 2.00 bits per heavy atom. The average molecular weight is 214 g/mol. The van der Waals surface area contributed by atoms with E-state index in [1.807, 2.05) is 0 Å². The summed E-state index contributed by atoms with van der Waals surface area (Å²) in [6, 6.07) is 5.97. The summed E-state index contributed by atoms with van der Waals surface area (Å²) in [5, 5.41) is 9.74. The Bertz CT molecular complexity index is 336. The Morgan fingerprint density at radius 3 is 2.43 bits per heavy atom. The molecule has 0 aliphatic rings. The Balaban J connectivity index is 2.73. The van der Waals surface area contributed by atoms with E-state index in [4.69, 9.17) is 11.6 Å². The Morgan fingerprint density at radius 1 is 1.43 bits per heavy atom. The van der Waals surface area contributed by atoms with Crippen LogP contribution in [0.2, 0.25) is 0 Å². The van der Waals surface area contributed by atoms with Crippen molar-refractivity contribution >= 4 is 23.6 Å². The van der Waals surface area contributed by atoms with Crippen LogP contribution in [0.1, 0.15) is 5.56 Å². The van der Waals surface area contributed by atoms with Crippen LogP contribution >= 0.6 is 11.6 Å². The third-order valence-corrected chi connectivity index (χ3v) is 1.98. The van der Waals surface area contributed by atoms with Crippen molar-refractivity contribution in [2.75, 3.05) is 0 Å². The summed E-state index contributed by atoms with van der Waals surface area (Å²) in [5.74, 6) is 0. The summed E-state index contributed by atoms with van der Waals surface area (Å²) in [5.41, 5.74) is 0.841. The van der Waals surface area contributed by atoms with Crippen LogP contribution < -0.4 is 0 Å². The van der Waals surface area contributed by atoms with E-state index in [9.17, 15) is 14.9 Å². The van der Waals surface area contributed by atoms with Gasteiger partial charge in [0.15, 0.2) is 0 Å². The van der Waals surface area contributed by atoms with Crippen LogP contribution in [0.4, 0.5) is 5.69 Å². The van der Waals surface area contributed by atoms with E-state index >= 15 is 0 Å². The minimum Gasteiger partial charge on any atom is -0.302 e. The molecule has 1 atom stereocenters. The lowest BCUT2D eigenvalue weighted by Gasteiger charge is -2.00. The van der Waals surface area contributed by atoms with Gasteiger partial charge in [-0.1, -0.05) is 12.1 Å².